The number of rotatable bonds is 5. The Hall–Kier alpha value is -1.31. The Balaban J connectivity index is 2.26. The van der Waals surface area contributed by atoms with Gasteiger partial charge in [-0.3, -0.25) is 4.79 Å². The summed E-state index contributed by atoms with van der Waals surface area (Å²) in [5, 5.41) is 3.17. The highest BCUT2D eigenvalue weighted by Gasteiger charge is 2.35. The second-order valence-corrected chi connectivity index (χ2v) is 8.50. The topological polar surface area (TPSA) is 75.7 Å². The summed E-state index contributed by atoms with van der Waals surface area (Å²) >= 11 is 5.95. The minimum atomic E-state index is -3.78. The highest BCUT2D eigenvalue weighted by atomic mass is 35.5. The van der Waals surface area contributed by atoms with Crippen LogP contribution in [0.1, 0.15) is 26.7 Å². The van der Waals surface area contributed by atoms with Gasteiger partial charge in [0.2, 0.25) is 15.9 Å². The van der Waals surface area contributed by atoms with E-state index in [9.17, 15) is 13.2 Å². The number of carbonyl (C=O) groups is 1. The summed E-state index contributed by atoms with van der Waals surface area (Å²) in [4.78, 5) is 12.2. The van der Waals surface area contributed by atoms with E-state index in [1.165, 1.54) is 23.5 Å². The van der Waals surface area contributed by atoms with Crippen molar-refractivity contribution in [2.24, 2.45) is 5.92 Å². The van der Waals surface area contributed by atoms with E-state index in [1.807, 2.05) is 13.8 Å². The van der Waals surface area contributed by atoms with Gasteiger partial charge in [-0.1, -0.05) is 11.6 Å². The summed E-state index contributed by atoms with van der Waals surface area (Å²) < 4.78 is 32.4. The number of carbonyl (C=O) groups excluding carboxylic acids is 1. The number of piperidine rings is 1. The van der Waals surface area contributed by atoms with Crippen molar-refractivity contribution >= 4 is 27.5 Å². The normalized spacial score (nSPS) is 19.3. The SMILES string of the molecule is COc1ccc(Cl)cc1S(=O)(=O)N1CCC[C@H](C(=O)NC(C)C)C1. The van der Waals surface area contributed by atoms with E-state index in [1.54, 1.807) is 6.07 Å². The highest BCUT2D eigenvalue weighted by Crippen LogP contribution is 2.31. The van der Waals surface area contributed by atoms with Crippen LogP contribution in [-0.4, -0.2) is 44.9 Å². The number of ether oxygens (including phenoxy) is 1. The first-order chi connectivity index (χ1) is 11.3. The zero-order chi connectivity index (χ0) is 17.9. The molecule has 0 bridgehead atoms. The fourth-order valence-corrected chi connectivity index (χ4v) is 4.71. The predicted molar refractivity (Wildman–Crippen MR) is 92.8 cm³/mol. The monoisotopic (exact) mass is 374 g/mol. The van der Waals surface area contributed by atoms with Crippen molar-refractivity contribution in [1.29, 1.82) is 0 Å². The number of amides is 1. The quantitative estimate of drug-likeness (QED) is 0.857. The van der Waals surface area contributed by atoms with Gasteiger partial charge in [-0.2, -0.15) is 4.31 Å². The highest BCUT2D eigenvalue weighted by molar-refractivity contribution is 7.89. The van der Waals surface area contributed by atoms with Gasteiger partial charge >= 0.3 is 0 Å². The van der Waals surface area contributed by atoms with Gasteiger partial charge in [0.25, 0.3) is 0 Å². The van der Waals surface area contributed by atoms with Crippen LogP contribution in [0.4, 0.5) is 0 Å². The molecule has 24 heavy (non-hydrogen) atoms. The van der Waals surface area contributed by atoms with E-state index in [0.717, 1.165) is 0 Å². The molecule has 1 atom stereocenters. The van der Waals surface area contributed by atoms with Crippen molar-refractivity contribution in [1.82, 2.24) is 9.62 Å². The van der Waals surface area contributed by atoms with Crippen LogP contribution in [0.5, 0.6) is 5.75 Å². The Morgan fingerprint density at radius 3 is 2.75 bits per heavy atom. The Morgan fingerprint density at radius 1 is 1.42 bits per heavy atom. The molecule has 6 nitrogen and oxygen atoms in total. The van der Waals surface area contributed by atoms with Crippen LogP contribution in [0.25, 0.3) is 0 Å². The molecule has 1 fully saturated rings. The fourth-order valence-electron chi connectivity index (χ4n) is 2.77. The van der Waals surface area contributed by atoms with Gasteiger partial charge in [-0.25, -0.2) is 8.42 Å². The first kappa shape index (κ1) is 19.0. The lowest BCUT2D eigenvalue weighted by atomic mass is 9.98. The smallest absolute Gasteiger partial charge is 0.246 e. The molecule has 2 rings (SSSR count). The lowest BCUT2D eigenvalue weighted by Crippen LogP contribution is -2.46. The minimum absolute atomic E-state index is 0.0255. The molecule has 1 aliphatic heterocycles. The van der Waals surface area contributed by atoms with E-state index in [4.69, 9.17) is 16.3 Å². The molecule has 0 aliphatic carbocycles. The van der Waals surface area contributed by atoms with Gasteiger partial charge in [0.15, 0.2) is 0 Å². The number of methoxy groups -OCH3 is 1. The summed E-state index contributed by atoms with van der Waals surface area (Å²) in [6.45, 7) is 4.30. The average Bonchev–Trinajstić information content (AvgIpc) is 2.54. The first-order valence-electron chi connectivity index (χ1n) is 7.89. The van der Waals surface area contributed by atoms with Gasteiger partial charge in [0.1, 0.15) is 10.6 Å². The van der Waals surface area contributed by atoms with Crippen LogP contribution in [0.3, 0.4) is 0 Å². The molecule has 1 saturated heterocycles. The second kappa shape index (κ2) is 7.72. The lowest BCUT2D eigenvalue weighted by molar-refractivity contribution is -0.126. The number of sulfonamides is 1. The molecule has 134 valence electrons. The number of benzene rings is 1. The van der Waals surface area contributed by atoms with Crippen molar-refractivity contribution in [2.75, 3.05) is 20.2 Å². The van der Waals surface area contributed by atoms with Gasteiger partial charge in [0.05, 0.1) is 13.0 Å². The number of nitrogens with one attached hydrogen (secondary N) is 1. The third-order valence-electron chi connectivity index (χ3n) is 3.93. The summed E-state index contributed by atoms with van der Waals surface area (Å²) in [6, 6.07) is 4.52. The number of hydrogen-bond donors (Lipinski definition) is 1. The van der Waals surface area contributed by atoms with Crippen LogP contribution in [0, 0.1) is 5.92 Å². The molecule has 1 amide bonds. The maximum Gasteiger partial charge on any atom is 0.246 e. The van der Waals surface area contributed by atoms with Crippen LogP contribution < -0.4 is 10.1 Å². The molecule has 0 aromatic heterocycles. The minimum Gasteiger partial charge on any atom is -0.495 e. The van der Waals surface area contributed by atoms with Crippen LogP contribution >= 0.6 is 11.6 Å². The van der Waals surface area contributed by atoms with Crippen molar-refractivity contribution < 1.29 is 17.9 Å². The molecule has 0 spiro atoms. The van der Waals surface area contributed by atoms with Crippen molar-refractivity contribution in [3.05, 3.63) is 23.2 Å². The number of hydrogen-bond acceptors (Lipinski definition) is 4. The fraction of sp³-hybridized carbons (Fsp3) is 0.562. The third-order valence-corrected chi connectivity index (χ3v) is 6.05. The second-order valence-electron chi connectivity index (χ2n) is 6.16. The molecule has 0 unspecified atom stereocenters. The van der Waals surface area contributed by atoms with Gasteiger partial charge in [0, 0.05) is 24.2 Å². The molecule has 1 aliphatic rings. The summed E-state index contributed by atoms with van der Waals surface area (Å²) in [5.41, 5.74) is 0. The van der Waals surface area contributed by atoms with E-state index < -0.39 is 10.0 Å². The van der Waals surface area contributed by atoms with E-state index in [0.29, 0.717) is 24.4 Å². The molecule has 0 saturated carbocycles. The molecular formula is C16H23ClN2O4S. The van der Waals surface area contributed by atoms with E-state index in [2.05, 4.69) is 5.32 Å². The Kier molecular flexibility index (Phi) is 6.11. The van der Waals surface area contributed by atoms with Crippen LogP contribution in [-0.2, 0) is 14.8 Å². The average molecular weight is 375 g/mol. The Bertz CT molecular complexity index is 706. The van der Waals surface area contributed by atoms with Crippen molar-refractivity contribution in [2.45, 2.75) is 37.6 Å². The molecule has 1 heterocycles. The zero-order valence-corrected chi connectivity index (χ0v) is 15.7. The maximum atomic E-state index is 13.0. The molecule has 8 heteroatoms. The molecule has 1 aromatic rings. The van der Waals surface area contributed by atoms with E-state index >= 15 is 0 Å². The van der Waals surface area contributed by atoms with Gasteiger partial charge in [-0.05, 0) is 44.9 Å². The Labute approximate surface area is 148 Å². The summed E-state index contributed by atoms with van der Waals surface area (Å²) in [5.74, 6) is -0.211. The van der Waals surface area contributed by atoms with Crippen molar-refractivity contribution in [3.8, 4) is 5.75 Å². The Morgan fingerprint density at radius 2 is 2.12 bits per heavy atom. The number of nitrogens with zero attached hydrogens (tertiary/aromatic N) is 1. The standard InChI is InChI=1S/C16H23ClN2O4S/c1-11(2)18-16(20)12-5-4-8-19(10-12)24(21,22)15-9-13(17)6-7-14(15)23-3/h6-7,9,11-12H,4-5,8,10H2,1-3H3,(H,18,20)/t12-/m0/s1. The first-order valence-corrected chi connectivity index (χ1v) is 9.71. The molecule has 0 radical (unpaired) electrons. The maximum absolute atomic E-state index is 13.0. The van der Waals surface area contributed by atoms with Gasteiger partial charge < -0.3 is 10.1 Å². The zero-order valence-electron chi connectivity index (χ0n) is 14.1. The predicted octanol–water partition coefficient (Wildman–Crippen LogP) is 2.27. The largest absolute Gasteiger partial charge is 0.495 e. The number of halogens is 1. The van der Waals surface area contributed by atoms with Crippen LogP contribution in [0.15, 0.2) is 23.1 Å². The third kappa shape index (κ3) is 4.20. The summed E-state index contributed by atoms with van der Waals surface area (Å²) in [7, 11) is -2.36. The molecule has 1 aromatic carbocycles. The van der Waals surface area contributed by atoms with Crippen molar-refractivity contribution in [3.63, 3.8) is 0 Å². The van der Waals surface area contributed by atoms with Crippen LogP contribution in [0.2, 0.25) is 5.02 Å². The lowest BCUT2D eigenvalue weighted by Gasteiger charge is -2.32. The molecule has 1 N–H and O–H groups in total. The molecular weight excluding hydrogens is 352 g/mol. The van der Waals surface area contributed by atoms with Gasteiger partial charge in [-0.15, -0.1) is 0 Å². The summed E-state index contributed by atoms with van der Waals surface area (Å²) in [6.07, 6.45) is 1.32. The van der Waals surface area contributed by atoms with E-state index in [-0.39, 0.29) is 35.1 Å².